The summed E-state index contributed by atoms with van der Waals surface area (Å²) in [6, 6.07) is 11.6. The largest absolute Gasteiger partial charge is 0.493 e. The standard InChI is InChI=1S/C17H18N2O4/c1-11(20)13-9-15(22-2)16(23-3)10-14(13)19-17(21)18-12-7-5-4-6-8-12/h4-10H,1-3H3,(H2,18,19,21). The van der Waals surface area contributed by atoms with Gasteiger partial charge in [-0.3, -0.25) is 4.79 Å². The zero-order valence-electron chi connectivity index (χ0n) is 13.2. The van der Waals surface area contributed by atoms with Crippen LogP contribution in [0.1, 0.15) is 17.3 Å². The van der Waals surface area contributed by atoms with Crippen LogP contribution in [0.3, 0.4) is 0 Å². The predicted molar refractivity (Wildman–Crippen MR) is 88.6 cm³/mol. The maximum atomic E-state index is 12.1. The van der Waals surface area contributed by atoms with Gasteiger partial charge < -0.3 is 20.1 Å². The molecule has 0 aliphatic heterocycles. The molecule has 6 nitrogen and oxygen atoms in total. The Bertz CT molecular complexity index is 714. The van der Waals surface area contributed by atoms with Crippen LogP contribution < -0.4 is 20.1 Å². The number of methoxy groups -OCH3 is 2. The average Bonchev–Trinajstić information content (AvgIpc) is 2.54. The number of urea groups is 1. The molecule has 0 aliphatic rings. The summed E-state index contributed by atoms with van der Waals surface area (Å²) in [5, 5.41) is 5.35. The SMILES string of the molecule is COc1cc(NC(=O)Nc2ccccc2)c(C(C)=O)cc1OC. The van der Waals surface area contributed by atoms with Crippen molar-refractivity contribution in [1.82, 2.24) is 0 Å². The van der Waals surface area contributed by atoms with Crippen molar-refractivity contribution < 1.29 is 19.1 Å². The van der Waals surface area contributed by atoms with E-state index in [1.54, 1.807) is 24.3 Å². The first-order valence-electron chi connectivity index (χ1n) is 6.95. The molecule has 0 unspecified atom stereocenters. The van der Waals surface area contributed by atoms with Crippen molar-refractivity contribution >= 4 is 23.2 Å². The zero-order chi connectivity index (χ0) is 16.8. The molecule has 2 rings (SSSR count). The van der Waals surface area contributed by atoms with Crippen LogP contribution in [0.2, 0.25) is 0 Å². The molecule has 2 aromatic rings. The van der Waals surface area contributed by atoms with Crippen LogP contribution in [-0.2, 0) is 0 Å². The van der Waals surface area contributed by atoms with E-state index in [1.165, 1.54) is 21.1 Å². The second kappa shape index (κ2) is 7.31. The van der Waals surface area contributed by atoms with Crippen molar-refractivity contribution in [3.05, 3.63) is 48.0 Å². The summed E-state index contributed by atoms with van der Waals surface area (Å²) in [4.78, 5) is 23.9. The maximum Gasteiger partial charge on any atom is 0.323 e. The molecule has 120 valence electrons. The van der Waals surface area contributed by atoms with Crippen LogP contribution in [0.4, 0.5) is 16.2 Å². The van der Waals surface area contributed by atoms with E-state index >= 15 is 0 Å². The number of nitrogens with one attached hydrogen (secondary N) is 2. The van der Waals surface area contributed by atoms with Crippen molar-refractivity contribution in [3.63, 3.8) is 0 Å². The van der Waals surface area contributed by atoms with E-state index in [1.807, 2.05) is 18.2 Å². The second-order valence-corrected chi connectivity index (χ2v) is 4.75. The maximum absolute atomic E-state index is 12.1. The van der Waals surface area contributed by atoms with Gasteiger partial charge in [-0.2, -0.15) is 0 Å². The van der Waals surface area contributed by atoms with Crippen molar-refractivity contribution in [2.45, 2.75) is 6.92 Å². The lowest BCUT2D eigenvalue weighted by Crippen LogP contribution is -2.20. The van der Waals surface area contributed by atoms with Crippen LogP contribution in [0.15, 0.2) is 42.5 Å². The Balaban J connectivity index is 2.27. The summed E-state index contributed by atoms with van der Waals surface area (Å²) in [5.41, 5.74) is 1.34. The number of carbonyl (C=O) groups excluding carboxylic acids is 2. The first-order chi connectivity index (χ1) is 11.0. The zero-order valence-corrected chi connectivity index (χ0v) is 13.2. The van der Waals surface area contributed by atoms with Crippen LogP contribution >= 0.6 is 0 Å². The number of amides is 2. The number of hydrogen-bond donors (Lipinski definition) is 2. The molecular formula is C17H18N2O4. The van der Waals surface area contributed by atoms with Gasteiger partial charge in [0, 0.05) is 17.3 Å². The van der Waals surface area contributed by atoms with E-state index in [4.69, 9.17) is 9.47 Å². The van der Waals surface area contributed by atoms with Gasteiger partial charge in [0.15, 0.2) is 17.3 Å². The summed E-state index contributed by atoms with van der Waals surface area (Å²) >= 11 is 0. The Kier molecular flexibility index (Phi) is 5.19. The number of carbonyl (C=O) groups is 2. The smallest absolute Gasteiger partial charge is 0.323 e. The first kappa shape index (κ1) is 16.4. The Hall–Kier alpha value is -3.02. The third kappa shape index (κ3) is 4.00. The number of ketones is 1. The summed E-state index contributed by atoms with van der Waals surface area (Å²) in [7, 11) is 2.97. The lowest BCUT2D eigenvalue weighted by molar-refractivity contribution is 0.101. The molecule has 0 radical (unpaired) electrons. The molecule has 0 aliphatic carbocycles. The van der Waals surface area contributed by atoms with Gasteiger partial charge >= 0.3 is 6.03 Å². The topological polar surface area (TPSA) is 76.7 Å². The number of anilines is 2. The van der Waals surface area contributed by atoms with Crippen LogP contribution in [0, 0.1) is 0 Å². The summed E-state index contributed by atoms with van der Waals surface area (Å²) < 4.78 is 10.4. The Morgan fingerprint density at radius 3 is 2.09 bits per heavy atom. The van der Waals surface area contributed by atoms with Crippen LogP contribution in [-0.4, -0.2) is 26.0 Å². The van der Waals surface area contributed by atoms with Crippen LogP contribution in [0.25, 0.3) is 0 Å². The van der Waals surface area contributed by atoms with Gasteiger partial charge in [0.2, 0.25) is 0 Å². The van der Waals surface area contributed by atoms with Crippen LogP contribution in [0.5, 0.6) is 11.5 Å². The van der Waals surface area contributed by atoms with E-state index < -0.39 is 6.03 Å². The fraction of sp³-hybridized carbons (Fsp3) is 0.176. The molecule has 0 atom stereocenters. The van der Waals surface area contributed by atoms with E-state index in [0.717, 1.165) is 0 Å². The number of para-hydroxylation sites is 1. The van der Waals surface area contributed by atoms with E-state index in [-0.39, 0.29) is 5.78 Å². The molecule has 0 fully saturated rings. The second-order valence-electron chi connectivity index (χ2n) is 4.75. The molecule has 0 spiro atoms. The van der Waals surface area contributed by atoms with Crippen molar-refractivity contribution in [1.29, 1.82) is 0 Å². The lowest BCUT2D eigenvalue weighted by atomic mass is 10.1. The Labute approximate surface area is 134 Å². The molecule has 2 amide bonds. The minimum atomic E-state index is -0.453. The van der Waals surface area contributed by atoms with Gasteiger partial charge in [-0.25, -0.2) is 4.79 Å². The monoisotopic (exact) mass is 314 g/mol. The van der Waals surface area contributed by atoms with Crippen molar-refractivity contribution in [2.75, 3.05) is 24.9 Å². The minimum absolute atomic E-state index is 0.194. The highest BCUT2D eigenvalue weighted by molar-refractivity contribution is 6.07. The lowest BCUT2D eigenvalue weighted by Gasteiger charge is -2.14. The third-order valence-corrected chi connectivity index (χ3v) is 3.18. The molecule has 23 heavy (non-hydrogen) atoms. The molecule has 2 N–H and O–H groups in total. The van der Waals surface area contributed by atoms with E-state index in [2.05, 4.69) is 10.6 Å². The molecule has 2 aromatic carbocycles. The fourth-order valence-corrected chi connectivity index (χ4v) is 2.08. The Morgan fingerprint density at radius 2 is 1.52 bits per heavy atom. The average molecular weight is 314 g/mol. The van der Waals surface area contributed by atoms with Gasteiger partial charge in [0.25, 0.3) is 0 Å². The quantitative estimate of drug-likeness (QED) is 0.827. The summed E-state index contributed by atoms with van der Waals surface area (Å²) in [5.74, 6) is 0.653. The minimum Gasteiger partial charge on any atom is -0.493 e. The molecule has 0 aromatic heterocycles. The number of Topliss-reactive ketones (excluding diaryl/α,β-unsaturated/α-hetero) is 1. The Morgan fingerprint density at radius 1 is 0.913 bits per heavy atom. The third-order valence-electron chi connectivity index (χ3n) is 3.18. The highest BCUT2D eigenvalue weighted by Crippen LogP contribution is 2.33. The number of benzene rings is 2. The molecule has 0 bridgehead atoms. The normalized spacial score (nSPS) is 9.87. The first-order valence-corrected chi connectivity index (χ1v) is 6.95. The number of rotatable bonds is 5. The van der Waals surface area contributed by atoms with E-state index in [9.17, 15) is 9.59 Å². The van der Waals surface area contributed by atoms with Gasteiger partial charge in [-0.05, 0) is 25.1 Å². The van der Waals surface area contributed by atoms with Crippen molar-refractivity contribution in [2.24, 2.45) is 0 Å². The molecular weight excluding hydrogens is 296 g/mol. The fourth-order valence-electron chi connectivity index (χ4n) is 2.08. The van der Waals surface area contributed by atoms with Gasteiger partial charge in [-0.15, -0.1) is 0 Å². The molecule has 0 saturated heterocycles. The molecule has 6 heteroatoms. The number of ether oxygens (including phenoxy) is 2. The number of hydrogen-bond acceptors (Lipinski definition) is 4. The van der Waals surface area contributed by atoms with Gasteiger partial charge in [0.1, 0.15) is 0 Å². The summed E-state index contributed by atoms with van der Waals surface area (Å²) in [6.45, 7) is 1.42. The highest BCUT2D eigenvalue weighted by Gasteiger charge is 2.16. The molecule has 0 saturated carbocycles. The van der Waals surface area contributed by atoms with Gasteiger partial charge in [-0.1, -0.05) is 18.2 Å². The van der Waals surface area contributed by atoms with E-state index in [0.29, 0.717) is 28.4 Å². The highest BCUT2D eigenvalue weighted by atomic mass is 16.5. The summed E-state index contributed by atoms with van der Waals surface area (Å²) in [6.07, 6.45) is 0. The predicted octanol–water partition coefficient (Wildman–Crippen LogP) is 3.55. The van der Waals surface area contributed by atoms with Crippen molar-refractivity contribution in [3.8, 4) is 11.5 Å². The van der Waals surface area contributed by atoms with Gasteiger partial charge in [0.05, 0.1) is 19.9 Å². The molecule has 0 heterocycles.